The van der Waals surface area contributed by atoms with E-state index in [1.54, 1.807) is 29.1 Å². The van der Waals surface area contributed by atoms with Crippen molar-refractivity contribution in [2.75, 3.05) is 7.05 Å². The lowest BCUT2D eigenvalue weighted by Crippen LogP contribution is -2.17. The van der Waals surface area contributed by atoms with E-state index in [0.29, 0.717) is 5.69 Å². The topological polar surface area (TPSA) is 49.7 Å². The zero-order valence-electron chi connectivity index (χ0n) is 15.1. The third-order valence-electron chi connectivity index (χ3n) is 4.03. The van der Waals surface area contributed by atoms with Gasteiger partial charge in [0.25, 0.3) is 0 Å². The van der Waals surface area contributed by atoms with Crippen LogP contribution in [0, 0.1) is 5.82 Å². The SMILES string of the molecule is CN(Cc1cnn(-c2ccccc2F)c1)Cc1cc(C(C)(C)C)n[nH]1. The Hall–Kier alpha value is -2.47. The van der Waals surface area contributed by atoms with Crippen molar-refractivity contribution in [3.8, 4) is 5.69 Å². The van der Waals surface area contributed by atoms with E-state index in [1.165, 1.54) is 6.07 Å². The summed E-state index contributed by atoms with van der Waals surface area (Å²) in [6.07, 6.45) is 3.64. The van der Waals surface area contributed by atoms with Gasteiger partial charge in [-0.15, -0.1) is 0 Å². The standard InChI is InChI=1S/C19H24FN5/c1-19(2,3)18-9-15(22-23-18)13-24(4)11-14-10-21-25(12-14)17-8-6-5-7-16(17)20/h5-10,12H,11,13H2,1-4H3,(H,22,23). The Balaban J connectivity index is 1.65. The first-order valence-corrected chi connectivity index (χ1v) is 8.35. The van der Waals surface area contributed by atoms with Crippen molar-refractivity contribution in [1.29, 1.82) is 0 Å². The summed E-state index contributed by atoms with van der Waals surface area (Å²) in [6.45, 7) is 7.92. The average molecular weight is 341 g/mol. The molecular weight excluding hydrogens is 317 g/mol. The van der Waals surface area contributed by atoms with E-state index in [4.69, 9.17) is 0 Å². The van der Waals surface area contributed by atoms with Crippen molar-refractivity contribution < 1.29 is 4.39 Å². The van der Waals surface area contributed by atoms with Gasteiger partial charge in [0.05, 0.1) is 11.9 Å². The molecule has 0 aliphatic carbocycles. The summed E-state index contributed by atoms with van der Waals surface area (Å²) in [5, 5.41) is 11.8. The first kappa shape index (κ1) is 17.4. The number of aromatic amines is 1. The normalized spacial score (nSPS) is 12.1. The maximum Gasteiger partial charge on any atom is 0.148 e. The molecule has 0 saturated carbocycles. The molecule has 0 aliphatic rings. The number of halogens is 1. The number of hydrogen-bond donors (Lipinski definition) is 1. The zero-order valence-corrected chi connectivity index (χ0v) is 15.1. The van der Waals surface area contributed by atoms with Gasteiger partial charge in [0, 0.05) is 36.0 Å². The average Bonchev–Trinajstić information content (AvgIpc) is 3.17. The van der Waals surface area contributed by atoms with Gasteiger partial charge in [-0.05, 0) is 25.2 Å². The third kappa shape index (κ3) is 4.14. The summed E-state index contributed by atoms with van der Waals surface area (Å²) in [5.41, 5.74) is 3.66. The number of nitrogens with zero attached hydrogens (tertiary/aromatic N) is 4. The van der Waals surface area contributed by atoms with Gasteiger partial charge in [-0.2, -0.15) is 10.2 Å². The number of nitrogens with one attached hydrogen (secondary N) is 1. The molecule has 0 bridgehead atoms. The predicted octanol–water partition coefficient (Wildman–Crippen LogP) is 3.66. The van der Waals surface area contributed by atoms with Crippen LogP contribution in [0.5, 0.6) is 0 Å². The third-order valence-corrected chi connectivity index (χ3v) is 4.03. The van der Waals surface area contributed by atoms with Gasteiger partial charge in [-0.1, -0.05) is 32.9 Å². The van der Waals surface area contributed by atoms with Gasteiger partial charge >= 0.3 is 0 Å². The van der Waals surface area contributed by atoms with E-state index in [9.17, 15) is 4.39 Å². The fourth-order valence-electron chi connectivity index (χ4n) is 2.70. The molecule has 1 N–H and O–H groups in total. The minimum absolute atomic E-state index is 0.0359. The molecule has 6 heteroatoms. The fourth-order valence-corrected chi connectivity index (χ4v) is 2.70. The highest BCUT2D eigenvalue weighted by molar-refractivity contribution is 5.32. The van der Waals surface area contributed by atoms with Gasteiger partial charge in [-0.3, -0.25) is 10.00 Å². The van der Waals surface area contributed by atoms with Crippen LogP contribution < -0.4 is 0 Å². The Kier molecular flexibility index (Phi) is 4.72. The van der Waals surface area contributed by atoms with E-state index in [1.807, 2.05) is 13.2 Å². The molecule has 3 aromatic rings. The lowest BCUT2D eigenvalue weighted by atomic mass is 9.92. The van der Waals surface area contributed by atoms with Crippen LogP contribution in [0.4, 0.5) is 4.39 Å². The summed E-state index contributed by atoms with van der Waals surface area (Å²) in [4.78, 5) is 2.17. The minimum Gasteiger partial charge on any atom is -0.296 e. The fraction of sp³-hybridized carbons (Fsp3) is 0.368. The number of rotatable bonds is 5. The number of H-pyrrole nitrogens is 1. The first-order chi connectivity index (χ1) is 11.8. The molecule has 2 aromatic heterocycles. The molecule has 0 unspecified atom stereocenters. The summed E-state index contributed by atoms with van der Waals surface area (Å²) >= 11 is 0. The largest absolute Gasteiger partial charge is 0.296 e. The second-order valence-electron chi connectivity index (χ2n) is 7.45. The summed E-state index contributed by atoms with van der Waals surface area (Å²) in [6, 6.07) is 8.74. The van der Waals surface area contributed by atoms with E-state index in [0.717, 1.165) is 30.0 Å². The number of para-hydroxylation sites is 1. The monoisotopic (exact) mass is 341 g/mol. The highest BCUT2D eigenvalue weighted by Gasteiger charge is 2.17. The molecule has 0 aliphatic heterocycles. The van der Waals surface area contributed by atoms with Crippen LogP contribution in [0.25, 0.3) is 5.69 Å². The van der Waals surface area contributed by atoms with Crippen LogP contribution in [-0.4, -0.2) is 31.9 Å². The summed E-state index contributed by atoms with van der Waals surface area (Å²) in [7, 11) is 2.04. The van der Waals surface area contributed by atoms with Crippen molar-refractivity contribution in [3.05, 3.63) is 65.5 Å². The molecule has 0 atom stereocenters. The van der Waals surface area contributed by atoms with Crippen LogP contribution in [0.1, 0.15) is 37.7 Å². The van der Waals surface area contributed by atoms with E-state index >= 15 is 0 Å². The molecule has 0 spiro atoms. The highest BCUT2D eigenvalue weighted by Crippen LogP contribution is 2.21. The van der Waals surface area contributed by atoms with E-state index in [-0.39, 0.29) is 11.2 Å². The van der Waals surface area contributed by atoms with Crippen LogP contribution in [-0.2, 0) is 18.5 Å². The van der Waals surface area contributed by atoms with Crippen molar-refractivity contribution in [1.82, 2.24) is 24.9 Å². The quantitative estimate of drug-likeness (QED) is 0.770. The van der Waals surface area contributed by atoms with Gasteiger partial charge in [-0.25, -0.2) is 9.07 Å². The molecule has 132 valence electrons. The highest BCUT2D eigenvalue weighted by atomic mass is 19.1. The lowest BCUT2D eigenvalue weighted by molar-refractivity contribution is 0.315. The van der Waals surface area contributed by atoms with Gasteiger partial charge in [0.2, 0.25) is 0 Å². The van der Waals surface area contributed by atoms with Gasteiger partial charge < -0.3 is 0 Å². The zero-order chi connectivity index (χ0) is 18.0. The van der Waals surface area contributed by atoms with Crippen LogP contribution in [0.3, 0.4) is 0 Å². The molecule has 0 saturated heterocycles. The lowest BCUT2D eigenvalue weighted by Gasteiger charge is -2.15. The van der Waals surface area contributed by atoms with Crippen molar-refractivity contribution in [2.45, 2.75) is 39.3 Å². The van der Waals surface area contributed by atoms with Crippen LogP contribution in [0.15, 0.2) is 42.7 Å². The maximum absolute atomic E-state index is 13.9. The molecule has 3 rings (SSSR count). The molecule has 5 nitrogen and oxygen atoms in total. The Morgan fingerprint density at radius 1 is 1.20 bits per heavy atom. The Bertz CT molecular complexity index is 843. The second kappa shape index (κ2) is 6.80. The first-order valence-electron chi connectivity index (χ1n) is 8.35. The molecule has 0 amide bonds. The van der Waals surface area contributed by atoms with E-state index in [2.05, 4.69) is 47.0 Å². The second-order valence-corrected chi connectivity index (χ2v) is 7.45. The molecule has 25 heavy (non-hydrogen) atoms. The molecule has 0 radical (unpaired) electrons. The van der Waals surface area contributed by atoms with Crippen molar-refractivity contribution in [3.63, 3.8) is 0 Å². The van der Waals surface area contributed by atoms with Gasteiger partial charge in [0.1, 0.15) is 11.5 Å². The van der Waals surface area contributed by atoms with Gasteiger partial charge in [0.15, 0.2) is 0 Å². The Morgan fingerprint density at radius 3 is 2.64 bits per heavy atom. The number of aromatic nitrogens is 4. The minimum atomic E-state index is -0.280. The number of benzene rings is 1. The number of hydrogen-bond acceptors (Lipinski definition) is 3. The Morgan fingerprint density at radius 2 is 1.96 bits per heavy atom. The van der Waals surface area contributed by atoms with Crippen LogP contribution in [0.2, 0.25) is 0 Å². The summed E-state index contributed by atoms with van der Waals surface area (Å²) < 4.78 is 15.4. The van der Waals surface area contributed by atoms with Crippen molar-refractivity contribution >= 4 is 0 Å². The Labute approximate surface area is 147 Å². The van der Waals surface area contributed by atoms with Crippen molar-refractivity contribution in [2.24, 2.45) is 0 Å². The van der Waals surface area contributed by atoms with Crippen LogP contribution >= 0.6 is 0 Å². The molecular formula is C19H24FN5. The predicted molar refractivity (Wildman–Crippen MR) is 96.0 cm³/mol. The maximum atomic E-state index is 13.9. The summed E-state index contributed by atoms with van der Waals surface area (Å²) in [5.74, 6) is -0.280. The molecule has 1 aromatic carbocycles. The smallest absolute Gasteiger partial charge is 0.148 e. The van der Waals surface area contributed by atoms with E-state index < -0.39 is 0 Å². The molecule has 2 heterocycles. The molecule has 0 fully saturated rings.